The van der Waals surface area contributed by atoms with E-state index in [1.165, 1.54) is 6.42 Å². The summed E-state index contributed by atoms with van der Waals surface area (Å²) in [5.74, 6) is 2.59. The van der Waals surface area contributed by atoms with Crippen LogP contribution in [-0.4, -0.2) is 52.1 Å². The number of imidazole rings is 1. The number of rotatable bonds is 6. The summed E-state index contributed by atoms with van der Waals surface area (Å²) in [6.45, 7) is 11.2. The third kappa shape index (κ3) is 4.52. The minimum atomic E-state index is 0.629. The van der Waals surface area contributed by atoms with Gasteiger partial charge in [-0.15, -0.1) is 0 Å². The summed E-state index contributed by atoms with van der Waals surface area (Å²) in [6, 6.07) is 12.5. The lowest BCUT2D eigenvalue weighted by Gasteiger charge is -2.40. The number of hydrogen-bond acceptors (Lipinski definition) is 4. The quantitative estimate of drug-likeness (QED) is 0.580. The Morgan fingerprint density at radius 2 is 1.87 bits per heavy atom. The van der Waals surface area contributed by atoms with Crippen molar-refractivity contribution in [1.29, 1.82) is 0 Å². The summed E-state index contributed by atoms with van der Waals surface area (Å²) in [7, 11) is 0. The van der Waals surface area contributed by atoms with Crippen LogP contribution in [0.2, 0.25) is 5.02 Å². The van der Waals surface area contributed by atoms with Gasteiger partial charge in [-0.25, -0.2) is 9.97 Å². The molecule has 6 heteroatoms. The van der Waals surface area contributed by atoms with Crippen molar-refractivity contribution in [1.82, 2.24) is 19.9 Å². The average Bonchev–Trinajstić information content (AvgIpc) is 3.29. The number of anilines is 1. The van der Waals surface area contributed by atoms with Gasteiger partial charge in [0.1, 0.15) is 11.6 Å². The molecule has 1 aliphatic heterocycles. The van der Waals surface area contributed by atoms with Crippen molar-refractivity contribution in [2.24, 2.45) is 5.92 Å². The normalized spacial score (nSPS) is 17.1. The Hall–Kier alpha value is -2.37. The summed E-state index contributed by atoms with van der Waals surface area (Å²) in [5, 5.41) is 0.713. The molecular weight excluding hydrogens is 394 g/mol. The second kappa shape index (κ2) is 9.19. The van der Waals surface area contributed by atoms with Gasteiger partial charge in [-0.1, -0.05) is 44.0 Å². The minimum absolute atomic E-state index is 0.629. The predicted molar refractivity (Wildman–Crippen MR) is 125 cm³/mol. The molecule has 4 rings (SSSR count). The molecule has 0 saturated carbocycles. The Labute approximate surface area is 184 Å². The number of aromatic amines is 1. The van der Waals surface area contributed by atoms with Crippen molar-refractivity contribution in [3.63, 3.8) is 0 Å². The van der Waals surface area contributed by atoms with Gasteiger partial charge in [0, 0.05) is 60.8 Å². The molecule has 2 atom stereocenters. The molecule has 0 amide bonds. The van der Waals surface area contributed by atoms with Crippen molar-refractivity contribution in [2.45, 2.75) is 33.2 Å². The van der Waals surface area contributed by atoms with E-state index in [0.29, 0.717) is 11.1 Å². The SMILES string of the molecule is CCC(C)C(C)N1CCN(c2cc(-c3nc(-c4cccc(Cl)c4)c[nH]3)ccn2)CC1. The fraction of sp³-hybridized carbons (Fsp3) is 0.417. The van der Waals surface area contributed by atoms with Crippen LogP contribution in [-0.2, 0) is 0 Å². The predicted octanol–water partition coefficient (Wildman–Crippen LogP) is 5.35. The first-order chi connectivity index (χ1) is 14.5. The van der Waals surface area contributed by atoms with E-state index >= 15 is 0 Å². The topological polar surface area (TPSA) is 48.0 Å². The second-order valence-corrected chi connectivity index (χ2v) is 8.63. The van der Waals surface area contributed by atoms with Gasteiger partial charge >= 0.3 is 0 Å². The maximum Gasteiger partial charge on any atom is 0.138 e. The molecule has 1 saturated heterocycles. The van der Waals surface area contributed by atoms with E-state index in [4.69, 9.17) is 16.6 Å². The van der Waals surface area contributed by atoms with Crippen LogP contribution in [0.15, 0.2) is 48.8 Å². The van der Waals surface area contributed by atoms with Crippen molar-refractivity contribution in [3.8, 4) is 22.6 Å². The average molecular weight is 424 g/mol. The van der Waals surface area contributed by atoms with E-state index in [1.54, 1.807) is 0 Å². The van der Waals surface area contributed by atoms with Gasteiger partial charge in [-0.05, 0) is 37.1 Å². The number of nitrogens with zero attached hydrogens (tertiary/aromatic N) is 4. The summed E-state index contributed by atoms with van der Waals surface area (Å²) < 4.78 is 0. The third-order valence-corrected chi connectivity index (χ3v) is 6.63. The van der Waals surface area contributed by atoms with Crippen LogP contribution in [0.1, 0.15) is 27.2 Å². The molecule has 1 aromatic carbocycles. The number of H-pyrrole nitrogens is 1. The third-order valence-electron chi connectivity index (χ3n) is 6.40. The highest BCUT2D eigenvalue weighted by atomic mass is 35.5. The van der Waals surface area contributed by atoms with Crippen LogP contribution in [0, 0.1) is 5.92 Å². The molecule has 158 valence electrons. The molecule has 1 fully saturated rings. The van der Waals surface area contributed by atoms with Crippen LogP contribution in [0.4, 0.5) is 5.82 Å². The monoisotopic (exact) mass is 423 g/mol. The fourth-order valence-corrected chi connectivity index (χ4v) is 4.25. The van der Waals surface area contributed by atoms with Crippen LogP contribution in [0.5, 0.6) is 0 Å². The molecule has 2 aromatic heterocycles. The van der Waals surface area contributed by atoms with Gasteiger partial charge < -0.3 is 9.88 Å². The Balaban J connectivity index is 1.47. The largest absolute Gasteiger partial charge is 0.354 e. The molecular formula is C24H30ClN5. The first kappa shape index (κ1) is 20.9. The minimum Gasteiger partial charge on any atom is -0.354 e. The van der Waals surface area contributed by atoms with Gasteiger partial charge in [0.05, 0.1) is 5.69 Å². The van der Waals surface area contributed by atoms with Crippen molar-refractivity contribution < 1.29 is 0 Å². The van der Waals surface area contributed by atoms with Crippen molar-refractivity contribution in [3.05, 3.63) is 53.8 Å². The lowest BCUT2D eigenvalue weighted by atomic mass is 9.99. The zero-order valence-electron chi connectivity index (χ0n) is 18.0. The smallest absolute Gasteiger partial charge is 0.138 e. The highest BCUT2D eigenvalue weighted by Crippen LogP contribution is 2.26. The molecule has 0 spiro atoms. The van der Waals surface area contributed by atoms with Gasteiger partial charge in [-0.3, -0.25) is 4.90 Å². The Kier molecular flexibility index (Phi) is 6.40. The van der Waals surface area contributed by atoms with E-state index in [-0.39, 0.29) is 0 Å². The Bertz CT molecular complexity index is 977. The lowest BCUT2D eigenvalue weighted by molar-refractivity contribution is 0.150. The number of nitrogens with one attached hydrogen (secondary N) is 1. The number of benzene rings is 1. The summed E-state index contributed by atoms with van der Waals surface area (Å²) in [4.78, 5) is 17.7. The van der Waals surface area contributed by atoms with Gasteiger partial charge in [0.2, 0.25) is 0 Å². The fourth-order valence-electron chi connectivity index (χ4n) is 4.06. The number of hydrogen-bond donors (Lipinski definition) is 1. The zero-order chi connectivity index (χ0) is 21.1. The Morgan fingerprint density at radius 3 is 2.60 bits per heavy atom. The number of aromatic nitrogens is 3. The number of pyridine rings is 1. The molecule has 30 heavy (non-hydrogen) atoms. The molecule has 5 nitrogen and oxygen atoms in total. The first-order valence-corrected chi connectivity index (χ1v) is 11.2. The number of piperazine rings is 1. The number of halogens is 1. The van der Waals surface area contributed by atoms with Crippen LogP contribution >= 0.6 is 11.6 Å². The summed E-state index contributed by atoms with van der Waals surface area (Å²) in [5.41, 5.74) is 2.94. The maximum absolute atomic E-state index is 6.13. The van der Waals surface area contributed by atoms with E-state index in [2.05, 4.69) is 46.6 Å². The zero-order valence-corrected chi connectivity index (χ0v) is 18.7. The highest BCUT2D eigenvalue weighted by molar-refractivity contribution is 6.30. The van der Waals surface area contributed by atoms with Gasteiger partial charge in [0.25, 0.3) is 0 Å². The molecule has 1 aliphatic rings. The second-order valence-electron chi connectivity index (χ2n) is 8.20. The summed E-state index contributed by atoms with van der Waals surface area (Å²) >= 11 is 6.13. The van der Waals surface area contributed by atoms with Crippen LogP contribution < -0.4 is 4.90 Å². The van der Waals surface area contributed by atoms with Gasteiger partial charge in [-0.2, -0.15) is 0 Å². The van der Waals surface area contributed by atoms with E-state index in [1.807, 2.05) is 42.7 Å². The lowest BCUT2D eigenvalue weighted by Crippen LogP contribution is -2.51. The molecule has 0 aliphatic carbocycles. The Morgan fingerprint density at radius 1 is 1.07 bits per heavy atom. The van der Waals surface area contributed by atoms with E-state index < -0.39 is 0 Å². The van der Waals surface area contributed by atoms with Crippen molar-refractivity contribution >= 4 is 17.4 Å². The molecule has 3 aromatic rings. The molecule has 0 bridgehead atoms. The van der Waals surface area contributed by atoms with Crippen LogP contribution in [0.25, 0.3) is 22.6 Å². The van der Waals surface area contributed by atoms with E-state index in [0.717, 1.165) is 60.6 Å². The van der Waals surface area contributed by atoms with Crippen LogP contribution in [0.3, 0.4) is 0 Å². The van der Waals surface area contributed by atoms with Gasteiger partial charge in [0.15, 0.2) is 0 Å². The molecule has 3 heterocycles. The summed E-state index contributed by atoms with van der Waals surface area (Å²) in [6.07, 6.45) is 5.03. The van der Waals surface area contributed by atoms with Crippen molar-refractivity contribution in [2.75, 3.05) is 31.1 Å². The standard InChI is InChI=1S/C24H30ClN5/c1-4-17(2)18(3)29-10-12-30(13-11-29)23-15-20(8-9-26-23)24-27-16-22(28-24)19-6-5-7-21(25)14-19/h5-9,14-18H,4,10-13H2,1-3H3,(H,27,28). The molecule has 1 N–H and O–H groups in total. The first-order valence-electron chi connectivity index (χ1n) is 10.8. The molecule has 2 unspecified atom stereocenters. The maximum atomic E-state index is 6.13. The highest BCUT2D eigenvalue weighted by Gasteiger charge is 2.24. The van der Waals surface area contributed by atoms with E-state index in [9.17, 15) is 0 Å². The molecule has 0 radical (unpaired) electrons.